The standard InChI is InChI=1S/2C23H15O.C2H6Si.2ClH.Zr/c2*1-2-7-16(8-3-1)20-12-6-10-17-13-19(14-22(17)20)23-21-11-5-4-9-18(21)15-24-23;1-3-2;;;/h2*1-15H;1-2H3;2*1H;/q2*-1;;;;+2/p-2. The molecule has 0 aliphatic heterocycles. The number of hydrogen-bond donors (Lipinski definition) is 0. The molecule has 2 nitrogen and oxygen atoms in total. The zero-order valence-corrected chi connectivity index (χ0v) is 34.9. The normalized spacial score (nSPS) is 11.0. The molecule has 0 N–H and O–H groups in total. The fraction of sp³-hybridized carbons (Fsp3) is 0.0417. The number of halogens is 2. The van der Waals surface area contributed by atoms with Crippen LogP contribution in [-0.2, 0) is 18.0 Å². The van der Waals surface area contributed by atoms with Gasteiger partial charge in [-0.15, -0.1) is 57.9 Å². The van der Waals surface area contributed by atoms with E-state index in [0.717, 1.165) is 44.2 Å². The van der Waals surface area contributed by atoms with E-state index in [4.69, 9.17) is 25.9 Å². The molecular weight excluding hydrogens is 799 g/mol. The molecule has 10 rings (SSSR count). The molecule has 264 valence electrons. The first-order chi connectivity index (χ1) is 26.4. The summed E-state index contributed by atoms with van der Waals surface area (Å²) in [5.41, 5.74) is 7.04. The number of fused-ring (bicyclic) bond motifs is 4. The third kappa shape index (κ3) is 7.63. The monoisotopic (exact) mass is 832 g/mol. The van der Waals surface area contributed by atoms with Gasteiger partial charge >= 0.3 is 53.5 Å². The second kappa shape index (κ2) is 16.3. The van der Waals surface area contributed by atoms with E-state index in [-0.39, 0.29) is 5.43 Å². The zero-order valence-electron chi connectivity index (χ0n) is 29.9. The van der Waals surface area contributed by atoms with Crippen molar-refractivity contribution in [3.63, 3.8) is 0 Å². The molecule has 0 fully saturated rings. The van der Waals surface area contributed by atoms with Crippen molar-refractivity contribution in [3.05, 3.63) is 182 Å². The van der Waals surface area contributed by atoms with Crippen LogP contribution in [0.4, 0.5) is 0 Å². The van der Waals surface area contributed by atoms with Crippen LogP contribution in [0.3, 0.4) is 0 Å². The summed E-state index contributed by atoms with van der Waals surface area (Å²) in [6.07, 6.45) is 3.67. The van der Waals surface area contributed by atoms with E-state index in [1.807, 2.05) is 24.7 Å². The van der Waals surface area contributed by atoms with Gasteiger partial charge in [0.15, 0.2) is 0 Å². The molecule has 0 radical (unpaired) electrons. The summed E-state index contributed by atoms with van der Waals surface area (Å²) in [7, 11) is 11.2. The molecule has 2 heterocycles. The molecule has 0 saturated carbocycles. The molecule has 0 spiro atoms. The van der Waals surface area contributed by atoms with Gasteiger partial charge in [-0.2, -0.15) is 0 Å². The maximum Gasteiger partial charge on any atom is 0.0875 e. The van der Waals surface area contributed by atoms with E-state index in [9.17, 15) is 0 Å². The summed E-state index contributed by atoms with van der Waals surface area (Å²) in [6.45, 7) is 4.33. The minimum absolute atomic E-state index is 0.224. The molecule has 54 heavy (non-hydrogen) atoms. The van der Waals surface area contributed by atoms with E-state index >= 15 is 0 Å². The Kier molecular flexibility index (Phi) is 11.0. The van der Waals surface area contributed by atoms with Crippen molar-refractivity contribution in [2.24, 2.45) is 0 Å². The molecule has 0 aliphatic carbocycles. The van der Waals surface area contributed by atoms with Crippen molar-refractivity contribution in [2.75, 3.05) is 0 Å². The molecule has 0 saturated heterocycles. The number of benzene rings is 6. The van der Waals surface area contributed by atoms with Gasteiger partial charge in [0.05, 0.1) is 24.0 Å². The fourth-order valence-corrected chi connectivity index (χ4v) is 6.90. The quantitative estimate of drug-likeness (QED) is 0.130. The van der Waals surface area contributed by atoms with Crippen LogP contribution in [0.2, 0.25) is 13.1 Å². The van der Waals surface area contributed by atoms with Crippen LogP contribution in [0.5, 0.6) is 0 Å². The van der Waals surface area contributed by atoms with Gasteiger partial charge in [-0.25, -0.2) is 0 Å². The minimum atomic E-state index is -1.65. The van der Waals surface area contributed by atoms with Gasteiger partial charge in [-0.05, 0) is 21.9 Å². The molecule has 0 atom stereocenters. The van der Waals surface area contributed by atoms with Gasteiger partial charge in [0.2, 0.25) is 0 Å². The Morgan fingerprint density at radius 1 is 0.463 bits per heavy atom. The Bertz CT molecular complexity index is 2670. The van der Waals surface area contributed by atoms with E-state index in [0.29, 0.717) is 0 Å². The van der Waals surface area contributed by atoms with Crippen molar-refractivity contribution in [1.82, 2.24) is 0 Å². The molecule has 0 amide bonds. The van der Waals surface area contributed by atoms with E-state index in [1.54, 1.807) is 0 Å². The van der Waals surface area contributed by atoms with Gasteiger partial charge in [-0.3, -0.25) is 0 Å². The van der Waals surface area contributed by atoms with Gasteiger partial charge in [0, 0.05) is 10.8 Å². The van der Waals surface area contributed by atoms with Gasteiger partial charge in [0.1, 0.15) is 0 Å². The van der Waals surface area contributed by atoms with Crippen LogP contribution in [-0.4, -0.2) is 5.43 Å². The topological polar surface area (TPSA) is 26.3 Å². The average Bonchev–Trinajstić information content (AvgIpc) is 4.03. The molecule has 10 aromatic rings. The first-order valence-electron chi connectivity index (χ1n) is 17.9. The second-order valence-corrected chi connectivity index (χ2v) is 36.4. The third-order valence-electron chi connectivity index (χ3n) is 9.59. The maximum atomic E-state index is 5.88. The van der Waals surface area contributed by atoms with Gasteiger partial charge in [-0.1, -0.05) is 156 Å². The number of furan rings is 2. The summed E-state index contributed by atoms with van der Waals surface area (Å²) >= 11 is -1.65. The van der Waals surface area contributed by atoms with Crippen molar-refractivity contribution in [2.45, 2.75) is 13.1 Å². The Balaban J connectivity index is 0.000000134. The second-order valence-electron chi connectivity index (χ2n) is 13.4. The molecule has 0 unspecified atom stereocenters. The van der Waals surface area contributed by atoms with Crippen LogP contribution < -0.4 is 0 Å². The van der Waals surface area contributed by atoms with Crippen LogP contribution in [0, 0.1) is 0 Å². The molecule has 2 aromatic heterocycles. The predicted molar refractivity (Wildman–Crippen MR) is 230 cm³/mol. The Hall–Kier alpha value is -4.70. The van der Waals surface area contributed by atoms with Crippen molar-refractivity contribution < 1.29 is 26.8 Å². The maximum absolute atomic E-state index is 5.88. The first-order valence-corrected chi connectivity index (χ1v) is 30.4. The van der Waals surface area contributed by atoms with E-state index in [1.165, 1.54) is 43.8 Å². The molecule has 6 heteroatoms. The van der Waals surface area contributed by atoms with Gasteiger partial charge < -0.3 is 8.83 Å². The summed E-state index contributed by atoms with van der Waals surface area (Å²) in [5.74, 6) is 1.89. The number of hydrogen-bond acceptors (Lipinski definition) is 2. The average molecular weight is 835 g/mol. The SMILES string of the molecule is C[Si](C)=[Zr]([Cl])[Cl].c1ccc(-c2cccc3[cH-]c(-c4occ5ccccc45)cc23)cc1.c1ccc(-c2cccc3[cH-]c(-c4occ5ccccc45)cc23)cc1. The Labute approximate surface area is 330 Å². The summed E-state index contributed by atoms with van der Waals surface area (Å²) in [4.78, 5) is 0. The first kappa shape index (κ1) is 36.3. The fourth-order valence-electron chi connectivity index (χ4n) is 6.90. The van der Waals surface area contributed by atoms with Crippen molar-refractivity contribution >= 4 is 65.5 Å². The minimum Gasteiger partial charge on any atom is -0.498 e. The molecule has 0 bridgehead atoms. The molecular formula is C48H36Cl2O2SiZr-2. The van der Waals surface area contributed by atoms with Crippen LogP contribution in [0.25, 0.3) is 88.0 Å². The van der Waals surface area contributed by atoms with E-state index < -0.39 is 18.0 Å². The largest absolute Gasteiger partial charge is 0.498 e. The van der Waals surface area contributed by atoms with Gasteiger partial charge in [0.25, 0.3) is 0 Å². The van der Waals surface area contributed by atoms with Crippen LogP contribution in [0.1, 0.15) is 0 Å². The third-order valence-corrected chi connectivity index (χ3v) is 29.3. The van der Waals surface area contributed by atoms with Crippen LogP contribution in [0.15, 0.2) is 191 Å². The van der Waals surface area contributed by atoms with Crippen molar-refractivity contribution in [3.8, 4) is 44.9 Å². The van der Waals surface area contributed by atoms with E-state index in [2.05, 4.69) is 171 Å². The molecule has 0 aliphatic rings. The smallest absolute Gasteiger partial charge is 0.0875 e. The Morgan fingerprint density at radius 3 is 1.26 bits per heavy atom. The number of rotatable bonds is 4. The zero-order chi connectivity index (χ0) is 37.0. The predicted octanol–water partition coefficient (Wildman–Crippen LogP) is 15.4. The molecule has 8 aromatic carbocycles. The Morgan fingerprint density at radius 2 is 0.852 bits per heavy atom. The summed E-state index contributed by atoms with van der Waals surface area (Å²) in [5, 5.41) is 9.61. The van der Waals surface area contributed by atoms with Crippen LogP contribution >= 0.6 is 17.0 Å². The van der Waals surface area contributed by atoms with Crippen molar-refractivity contribution in [1.29, 1.82) is 0 Å². The summed E-state index contributed by atoms with van der Waals surface area (Å²) in [6, 6.07) is 59.5. The summed E-state index contributed by atoms with van der Waals surface area (Å²) < 4.78 is 11.8.